The molecule has 1 atom stereocenters. The van der Waals surface area contributed by atoms with Crippen LogP contribution in [0.15, 0.2) is 47.8 Å². The summed E-state index contributed by atoms with van der Waals surface area (Å²) >= 11 is 1.26. The van der Waals surface area contributed by atoms with Crippen molar-refractivity contribution in [3.63, 3.8) is 0 Å². The highest BCUT2D eigenvalue weighted by molar-refractivity contribution is 7.14. The predicted octanol–water partition coefficient (Wildman–Crippen LogP) is 3.20. The second kappa shape index (κ2) is 7.51. The Morgan fingerprint density at radius 2 is 1.74 bits per heavy atom. The molecule has 2 aliphatic heterocycles. The van der Waals surface area contributed by atoms with Crippen molar-refractivity contribution in [2.24, 2.45) is 0 Å². The van der Waals surface area contributed by atoms with Crippen LogP contribution in [0, 0.1) is 0 Å². The van der Waals surface area contributed by atoms with Crippen LogP contribution in [-0.4, -0.2) is 46.9 Å². The number of anilines is 1. The molecule has 1 aromatic heterocycles. The summed E-state index contributed by atoms with van der Waals surface area (Å²) in [6, 6.07) is 11.1. The van der Waals surface area contributed by atoms with Gasteiger partial charge < -0.3 is 14.8 Å². The third-order valence-electron chi connectivity index (χ3n) is 5.16. The number of rotatable bonds is 4. The Morgan fingerprint density at radius 1 is 1.06 bits per heavy atom. The molecule has 5 rings (SSSR count). The Kier molecular flexibility index (Phi) is 4.67. The number of hydrogen-bond acceptors (Lipinski definition) is 7. The number of nitrogens with zero attached hydrogens (tertiary/aromatic N) is 2. The molecule has 8 nitrogen and oxygen atoms in total. The molecule has 156 valence electrons. The van der Waals surface area contributed by atoms with Crippen molar-refractivity contribution < 1.29 is 23.9 Å². The molecule has 2 aliphatic rings. The first kappa shape index (κ1) is 19.3. The van der Waals surface area contributed by atoms with Gasteiger partial charge in [-0.3, -0.25) is 19.3 Å². The lowest BCUT2D eigenvalue weighted by Crippen LogP contribution is -2.45. The van der Waals surface area contributed by atoms with Gasteiger partial charge in [0.05, 0.1) is 16.8 Å². The Labute approximate surface area is 181 Å². The van der Waals surface area contributed by atoms with Gasteiger partial charge in [0.1, 0.15) is 19.3 Å². The highest BCUT2D eigenvalue weighted by atomic mass is 32.1. The summed E-state index contributed by atoms with van der Waals surface area (Å²) in [6.45, 7) is 2.53. The maximum absolute atomic E-state index is 12.8. The lowest BCUT2D eigenvalue weighted by molar-refractivity contribution is -0.119. The van der Waals surface area contributed by atoms with E-state index < -0.39 is 23.8 Å². The number of aromatic nitrogens is 1. The topological polar surface area (TPSA) is 97.8 Å². The summed E-state index contributed by atoms with van der Waals surface area (Å²) in [5.41, 5.74) is 2.12. The lowest BCUT2D eigenvalue weighted by atomic mass is 10.1. The molecule has 0 aliphatic carbocycles. The molecule has 3 amide bonds. The lowest BCUT2D eigenvalue weighted by Gasteiger charge is -2.21. The molecule has 0 fully saturated rings. The van der Waals surface area contributed by atoms with Crippen molar-refractivity contribution in [3.05, 3.63) is 59.0 Å². The summed E-state index contributed by atoms with van der Waals surface area (Å²) in [5, 5.41) is 4.89. The summed E-state index contributed by atoms with van der Waals surface area (Å²) < 4.78 is 11.1. The molecular formula is C22H17N3O5S. The fourth-order valence-corrected chi connectivity index (χ4v) is 4.28. The number of thiazole rings is 1. The van der Waals surface area contributed by atoms with Crippen LogP contribution >= 0.6 is 11.3 Å². The van der Waals surface area contributed by atoms with Gasteiger partial charge in [-0.05, 0) is 37.3 Å². The largest absolute Gasteiger partial charge is 0.486 e. The van der Waals surface area contributed by atoms with E-state index in [1.807, 2.05) is 23.6 Å². The first-order valence-corrected chi connectivity index (χ1v) is 10.5. The van der Waals surface area contributed by atoms with Crippen LogP contribution in [0.2, 0.25) is 0 Å². The minimum atomic E-state index is -0.978. The molecule has 2 aromatic carbocycles. The van der Waals surface area contributed by atoms with Crippen molar-refractivity contribution in [1.29, 1.82) is 0 Å². The van der Waals surface area contributed by atoms with Gasteiger partial charge in [-0.25, -0.2) is 4.98 Å². The average molecular weight is 435 g/mol. The molecule has 0 saturated heterocycles. The Bertz CT molecular complexity index is 1190. The molecule has 3 heterocycles. The molecule has 0 spiro atoms. The van der Waals surface area contributed by atoms with Crippen LogP contribution in [0.25, 0.3) is 11.3 Å². The van der Waals surface area contributed by atoms with E-state index in [0.29, 0.717) is 46.7 Å². The molecule has 0 saturated carbocycles. The van der Waals surface area contributed by atoms with Crippen molar-refractivity contribution in [2.45, 2.75) is 13.0 Å². The maximum atomic E-state index is 12.8. The fraction of sp³-hybridized carbons (Fsp3) is 0.182. The summed E-state index contributed by atoms with van der Waals surface area (Å²) in [4.78, 5) is 43.4. The van der Waals surface area contributed by atoms with Gasteiger partial charge >= 0.3 is 0 Å². The molecule has 31 heavy (non-hydrogen) atoms. The van der Waals surface area contributed by atoms with E-state index in [-0.39, 0.29) is 0 Å². The highest BCUT2D eigenvalue weighted by Crippen LogP contribution is 2.35. The van der Waals surface area contributed by atoms with Crippen LogP contribution in [0.1, 0.15) is 27.6 Å². The SMILES string of the molecule is CC(C(=O)Nc1nc(-c2ccc3c(c2)OCCO3)cs1)N1C(=O)c2ccccc2C1=O. The minimum absolute atomic E-state index is 0.308. The number of carbonyl (C=O) groups excluding carboxylic acids is 3. The normalized spacial score (nSPS) is 15.6. The Morgan fingerprint density at radius 3 is 2.45 bits per heavy atom. The van der Waals surface area contributed by atoms with E-state index in [1.54, 1.807) is 24.3 Å². The molecule has 9 heteroatoms. The number of nitrogens with one attached hydrogen (secondary N) is 1. The van der Waals surface area contributed by atoms with Gasteiger partial charge in [-0.15, -0.1) is 11.3 Å². The molecule has 3 aromatic rings. The van der Waals surface area contributed by atoms with Gasteiger partial charge in [0.25, 0.3) is 11.8 Å². The first-order valence-electron chi connectivity index (χ1n) is 9.66. The van der Waals surface area contributed by atoms with Gasteiger partial charge in [0.15, 0.2) is 16.6 Å². The van der Waals surface area contributed by atoms with E-state index in [4.69, 9.17) is 9.47 Å². The Hall–Kier alpha value is -3.72. The first-order chi connectivity index (χ1) is 15.0. The third-order valence-corrected chi connectivity index (χ3v) is 5.92. The highest BCUT2D eigenvalue weighted by Gasteiger charge is 2.40. The number of imide groups is 1. The van der Waals surface area contributed by atoms with Crippen LogP contribution in [0.3, 0.4) is 0 Å². The number of fused-ring (bicyclic) bond motifs is 2. The van der Waals surface area contributed by atoms with Crippen molar-refractivity contribution in [2.75, 3.05) is 18.5 Å². The molecule has 1 unspecified atom stereocenters. The number of amides is 3. The second-order valence-electron chi connectivity index (χ2n) is 7.09. The monoisotopic (exact) mass is 435 g/mol. The quantitative estimate of drug-likeness (QED) is 0.632. The van der Waals surface area contributed by atoms with Gasteiger partial charge in [-0.2, -0.15) is 0 Å². The standard InChI is InChI=1S/C22H17N3O5S/c1-12(25-20(27)14-4-2-3-5-15(14)21(25)28)19(26)24-22-23-16(11-31-22)13-6-7-17-18(10-13)30-9-8-29-17/h2-7,10-12H,8-9H2,1H3,(H,23,24,26). The van der Waals surface area contributed by atoms with E-state index >= 15 is 0 Å². The number of hydrogen-bond donors (Lipinski definition) is 1. The Balaban J connectivity index is 1.31. The van der Waals surface area contributed by atoms with Crippen LogP contribution in [-0.2, 0) is 4.79 Å². The number of benzene rings is 2. The minimum Gasteiger partial charge on any atom is -0.486 e. The third kappa shape index (κ3) is 3.32. The fourth-order valence-electron chi connectivity index (χ4n) is 3.55. The van der Waals surface area contributed by atoms with Crippen LogP contribution in [0.5, 0.6) is 11.5 Å². The van der Waals surface area contributed by atoms with Crippen molar-refractivity contribution in [3.8, 4) is 22.8 Å². The number of ether oxygens (including phenoxy) is 2. The zero-order chi connectivity index (χ0) is 21.5. The predicted molar refractivity (Wildman–Crippen MR) is 114 cm³/mol. The van der Waals surface area contributed by atoms with Gasteiger partial charge in [0.2, 0.25) is 5.91 Å². The summed E-state index contributed by atoms with van der Waals surface area (Å²) in [5.74, 6) is -0.0913. The average Bonchev–Trinajstić information content (AvgIpc) is 3.36. The van der Waals surface area contributed by atoms with E-state index in [2.05, 4.69) is 10.3 Å². The molecule has 0 bridgehead atoms. The van der Waals surface area contributed by atoms with Crippen molar-refractivity contribution >= 4 is 34.2 Å². The number of carbonyl (C=O) groups is 3. The molecule has 0 radical (unpaired) electrons. The second-order valence-corrected chi connectivity index (χ2v) is 7.95. The van der Waals surface area contributed by atoms with E-state index in [9.17, 15) is 14.4 Å². The van der Waals surface area contributed by atoms with Gasteiger partial charge in [0, 0.05) is 10.9 Å². The van der Waals surface area contributed by atoms with E-state index in [1.165, 1.54) is 18.3 Å². The van der Waals surface area contributed by atoms with Gasteiger partial charge in [-0.1, -0.05) is 12.1 Å². The maximum Gasteiger partial charge on any atom is 0.262 e. The summed E-state index contributed by atoms with van der Waals surface area (Å²) in [6.07, 6.45) is 0. The zero-order valence-corrected chi connectivity index (χ0v) is 17.3. The smallest absolute Gasteiger partial charge is 0.262 e. The van der Waals surface area contributed by atoms with Crippen LogP contribution < -0.4 is 14.8 Å². The zero-order valence-electron chi connectivity index (χ0n) is 16.5. The summed E-state index contributed by atoms with van der Waals surface area (Å²) in [7, 11) is 0. The van der Waals surface area contributed by atoms with Crippen molar-refractivity contribution in [1.82, 2.24) is 9.88 Å². The van der Waals surface area contributed by atoms with E-state index in [0.717, 1.165) is 10.5 Å². The molecular weight excluding hydrogens is 418 g/mol. The van der Waals surface area contributed by atoms with Crippen LogP contribution in [0.4, 0.5) is 5.13 Å². The molecule has 1 N–H and O–H groups in total.